The molecule has 0 unspecified atom stereocenters. The summed E-state index contributed by atoms with van der Waals surface area (Å²) in [5, 5.41) is 4.07. The van der Waals surface area contributed by atoms with Gasteiger partial charge in [0.25, 0.3) is 0 Å². The maximum absolute atomic E-state index is 4.11. The van der Waals surface area contributed by atoms with E-state index in [4.69, 9.17) is 0 Å². The number of rotatable bonds is 0. The lowest BCUT2D eigenvalue weighted by Gasteiger charge is -1.96. The summed E-state index contributed by atoms with van der Waals surface area (Å²) >= 11 is 0. The Kier molecular flexibility index (Phi) is 3.01. The lowest BCUT2D eigenvalue weighted by atomic mass is 10.3. The van der Waals surface area contributed by atoms with Crippen molar-refractivity contribution in [3.05, 3.63) is 29.8 Å². The van der Waals surface area contributed by atoms with Gasteiger partial charge in [0.05, 0.1) is 11.2 Å². The summed E-state index contributed by atoms with van der Waals surface area (Å²) < 4.78 is 1.84. The van der Waals surface area contributed by atoms with Gasteiger partial charge in [0.15, 0.2) is 0 Å². The highest BCUT2D eigenvalue weighted by atomic mass is 15.2. The molecule has 2 heterocycles. The van der Waals surface area contributed by atoms with E-state index in [2.05, 4.69) is 17.0 Å². The SMILES string of the molecule is CC.Cc1ccn2ncnc(C)c12. The number of aromatic nitrogens is 3. The van der Waals surface area contributed by atoms with Gasteiger partial charge >= 0.3 is 0 Å². The van der Waals surface area contributed by atoms with Crippen LogP contribution in [0.5, 0.6) is 0 Å². The van der Waals surface area contributed by atoms with Crippen LogP contribution in [0.25, 0.3) is 5.52 Å². The van der Waals surface area contributed by atoms with Gasteiger partial charge < -0.3 is 0 Å². The molecule has 0 aromatic carbocycles. The third-order valence-corrected chi connectivity index (χ3v) is 1.84. The zero-order valence-electron chi connectivity index (χ0n) is 8.57. The third-order valence-electron chi connectivity index (χ3n) is 1.84. The fourth-order valence-corrected chi connectivity index (χ4v) is 1.29. The summed E-state index contributed by atoms with van der Waals surface area (Å²) in [6, 6.07) is 2.04. The first-order chi connectivity index (χ1) is 6.29. The molecule has 0 aliphatic heterocycles. The maximum atomic E-state index is 4.11. The predicted octanol–water partition coefficient (Wildman–Crippen LogP) is 2.37. The zero-order valence-corrected chi connectivity index (χ0v) is 8.57. The standard InChI is InChI=1S/C8H9N3.C2H6/c1-6-3-4-11-8(6)7(2)9-5-10-11;1-2/h3-5H,1-2H3;1-2H3. The molecule has 3 heteroatoms. The van der Waals surface area contributed by atoms with E-state index in [1.165, 1.54) is 5.56 Å². The fraction of sp³-hybridized carbons (Fsp3) is 0.400. The molecule has 0 atom stereocenters. The lowest BCUT2D eigenvalue weighted by Crippen LogP contribution is -1.94. The normalized spacial score (nSPS) is 9.54. The van der Waals surface area contributed by atoms with Crippen molar-refractivity contribution in [1.29, 1.82) is 0 Å². The molecule has 0 fully saturated rings. The lowest BCUT2D eigenvalue weighted by molar-refractivity contribution is 0.886. The molecule has 0 amide bonds. The van der Waals surface area contributed by atoms with Gasteiger partial charge in [-0.05, 0) is 25.5 Å². The molecule has 0 aliphatic carbocycles. The van der Waals surface area contributed by atoms with Crippen LogP contribution in [0.2, 0.25) is 0 Å². The van der Waals surface area contributed by atoms with Crippen LogP contribution in [0.3, 0.4) is 0 Å². The third kappa shape index (κ3) is 1.69. The molecule has 0 N–H and O–H groups in total. The number of hydrogen-bond donors (Lipinski definition) is 0. The molecule has 2 aromatic heterocycles. The summed E-state index contributed by atoms with van der Waals surface area (Å²) in [4.78, 5) is 4.11. The zero-order chi connectivity index (χ0) is 9.84. The first-order valence-electron chi connectivity index (χ1n) is 4.54. The van der Waals surface area contributed by atoms with Crippen molar-refractivity contribution in [2.75, 3.05) is 0 Å². The van der Waals surface area contributed by atoms with Gasteiger partial charge in [-0.2, -0.15) is 5.10 Å². The van der Waals surface area contributed by atoms with E-state index in [0.29, 0.717) is 0 Å². The van der Waals surface area contributed by atoms with Crippen molar-refractivity contribution in [2.24, 2.45) is 0 Å². The Morgan fingerprint density at radius 3 is 2.54 bits per heavy atom. The van der Waals surface area contributed by atoms with Crippen LogP contribution in [0.1, 0.15) is 25.1 Å². The second kappa shape index (κ2) is 4.03. The smallest absolute Gasteiger partial charge is 0.136 e. The maximum Gasteiger partial charge on any atom is 0.136 e. The van der Waals surface area contributed by atoms with Crippen LogP contribution >= 0.6 is 0 Å². The van der Waals surface area contributed by atoms with Gasteiger partial charge in [0.1, 0.15) is 6.33 Å². The van der Waals surface area contributed by atoms with E-state index >= 15 is 0 Å². The van der Waals surface area contributed by atoms with Gasteiger partial charge in [-0.3, -0.25) is 0 Å². The predicted molar refractivity (Wildman–Crippen MR) is 53.8 cm³/mol. The molecule has 0 saturated heterocycles. The molecule has 0 saturated carbocycles. The van der Waals surface area contributed by atoms with Gasteiger partial charge in [-0.15, -0.1) is 0 Å². The Labute approximate surface area is 78.4 Å². The van der Waals surface area contributed by atoms with Gasteiger partial charge in [-0.1, -0.05) is 13.8 Å². The Morgan fingerprint density at radius 1 is 1.23 bits per heavy atom. The summed E-state index contributed by atoms with van der Waals surface area (Å²) in [5.74, 6) is 0. The van der Waals surface area contributed by atoms with Gasteiger partial charge in [0, 0.05) is 6.20 Å². The number of fused-ring (bicyclic) bond motifs is 1. The van der Waals surface area contributed by atoms with Crippen LogP contribution in [0.15, 0.2) is 18.6 Å². The van der Waals surface area contributed by atoms with Crippen molar-refractivity contribution in [3.63, 3.8) is 0 Å². The largest absolute Gasteiger partial charge is 0.238 e. The van der Waals surface area contributed by atoms with Crippen molar-refractivity contribution in [3.8, 4) is 0 Å². The number of hydrogen-bond acceptors (Lipinski definition) is 2. The molecule has 13 heavy (non-hydrogen) atoms. The first kappa shape index (κ1) is 9.71. The Bertz CT molecular complexity index is 390. The van der Waals surface area contributed by atoms with E-state index in [1.807, 2.05) is 37.5 Å². The molecule has 3 nitrogen and oxygen atoms in total. The highest BCUT2D eigenvalue weighted by Crippen LogP contribution is 2.11. The summed E-state index contributed by atoms with van der Waals surface area (Å²) in [6.45, 7) is 8.05. The monoisotopic (exact) mass is 177 g/mol. The summed E-state index contributed by atoms with van der Waals surface area (Å²) in [5.41, 5.74) is 3.37. The molecular weight excluding hydrogens is 162 g/mol. The van der Waals surface area contributed by atoms with Crippen LogP contribution in [-0.2, 0) is 0 Å². The van der Waals surface area contributed by atoms with Crippen molar-refractivity contribution < 1.29 is 0 Å². The minimum Gasteiger partial charge on any atom is -0.238 e. The Morgan fingerprint density at radius 2 is 1.92 bits per heavy atom. The van der Waals surface area contributed by atoms with Crippen molar-refractivity contribution >= 4 is 5.52 Å². The van der Waals surface area contributed by atoms with Crippen molar-refractivity contribution in [1.82, 2.24) is 14.6 Å². The van der Waals surface area contributed by atoms with E-state index < -0.39 is 0 Å². The van der Waals surface area contributed by atoms with Crippen LogP contribution in [-0.4, -0.2) is 14.6 Å². The van der Waals surface area contributed by atoms with Crippen LogP contribution < -0.4 is 0 Å². The molecule has 0 aliphatic rings. The quantitative estimate of drug-likeness (QED) is 0.618. The van der Waals surface area contributed by atoms with E-state index in [0.717, 1.165) is 11.2 Å². The molecular formula is C10H15N3. The Hall–Kier alpha value is -1.38. The fourth-order valence-electron chi connectivity index (χ4n) is 1.29. The molecule has 2 aromatic rings. The van der Waals surface area contributed by atoms with Crippen LogP contribution in [0.4, 0.5) is 0 Å². The van der Waals surface area contributed by atoms with Gasteiger partial charge in [-0.25, -0.2) is 9.50 Å². The summed E-state index contributed by atoms with van der Waals surface area (Å²) in [6.07, 6.45) is 3.51. The molecule has 0 bridgehead atoms. The highest BCUT2D eigenvalue weighted by molar-refractivity contribution is 5.57. The average Bonchev–Trinajstić information content (AvgIpc) is 2.53. The summed E-state index contributed by atoms with van der Waals surface area (Å²) in [7, 11) is 0. The van der Waals surface area contributed by atoms with E-state index in [1.54, 1.807) is 6.33 Å². The topological polar surface area (TPSA) is 30.2 Å². The Balaban J connectivity index is 0.000000396. The number of nitrogens with zero attached hydrogens (tertiary/aromatic N) is 3. The average molecular weight is 177 g/mol. The van der Waals surface area contributed by atoms with Crippen molar-refractivity contribution in [2.45, 2.75) is 27.7 Å². The molecule has 0 radical (unpaired) electrons. The highest BCUT2D eigenvalue weighted by Gasteiger charge is 2.00. The minimum atomic E-state index is 1.03. The van der Waals surface area contributed by atoms with E-state index in [-0.39, 0.29) is 0 Å². The molecule has 0 spiro atoms. The first-order valence-corrected chi connectivity index (χ1v) is 4.54. The van der Waals surface area contributed by atoms with E-state index in [9.17, 15) is 0 Å². The number of aryl methyl sites for hydroxylation is 2. The second-order valence-corrected chi connectivity index (χ2v) is 2.64. The second-order valence-electron chi connectivity index (χ2n) is 2.64. The molecule has 2 rings (SSSR count). The van der Waals surface area contributed by atoms with Gasteiger partial charge in [0.2, 0.25) is 0 Å². The van der Waals surface area contributed by atoms with Crippen LogP contribution in [0, 0.1) is 13.8 Å². The minimum absolute atomic E-state index is 1.03. The molecule has 70 valence electrons.